The molecule has 6 rings (SSSR count). The van der Waals surface area contributed by atoms with E-state index in [1.807, 2.05) is 0 Å². The molecule has 0 saturated heterocycles. The zero-order chi connectivity index (χ0) is 31.6. The van der Waals surface area contributed by atoms with Gasteiger partial charge in [-0.2, -0.15) is 0 Å². The lowest BCUT2D eigenvalue weighted by atomic mass is 9.75. The Labute approximate surface area is 265 Å². The Bertz CT molecular complexity index is 1880. The van der Waals surface area contributed by atoms with Gasteiger partial charge in [0.25, 0.3) is 0 Å². The molecule has 0 bridgehead atoms. The van der Waals surface area contributed by atoms with E-state index < -0.39 is 0 Å². The Kier molecular flexibility index (Phi) is 7.28. The summed E-state index contributed by atoms with van der Waals surface area (Å²) in [6.07, 6.45) is 7.50. The average molecular weight is 577 g/mol. The van der Waals surface area contributed by atoms with Gasteiger partial charge in [-0.3, -0.25) is 0 Å². The highest BCUT2D eigenvalue weighted by Crippen LogP contribution is 2.43. The lowest BCUT2D eigenvalue weighted by Crippen LogP contribution is -2.33. The van der Waals surface area contributed by atoms with Crippen molar-refractivity contribution < 1.29 is 0 Å². The maximum absolute atomic E-state index is 2.52. The van der Waals surface area contributed by atoms with Crippen LogP contribution < -0.4 is 10.4 Å². The van der Waals surface area contributed by atoms with Gasteiger partial charge in [0, 0.05) is 5.92 Å². The van der Waals surface area contributed by atoms with Crippen molar-refractivity contribution in [2.45, 2.75) is 80.1 Å². The fourth-order valence-corrected chi connectivity index (χ4v) is 7.06. The molecule has 4 aromatic carbocycles. The van der Waals surface area contributed by atoms with E-state index >= 15 is 0 Å². The van der Waals surface area contributed by atoms with Crippen LogP contribution in [0, 0.1) is 11.3 Å². The highest BCUT2D eigenvalue weighted by molar-refractivity contribution is 5.92. The van der Waals surface area contributed by atoms with E-state index in [0.717, 1.165) is 0 Å². The van der Waals surface area contributed by atoms with Crippen molar-refractivity contribution in [1.29, 1.82) is 0 Å². The molecule has 0 heterocycles. The smallest absolute Gasteiger partial charge is 0.000195 e. The van der Waals surface area contributed by atoms with Crippen molar-refractivity contribution in [2.75, 3.05) is 0 Å². The maximum atomic E-state index is 2.52. The Morgan fingerprint density at radius 1 is 0.591 bits per heavy atom. The van der Waals surface area contributed by atoms with Gasteiger partial charge in [0.2, 0.25) is 0 Å². The van der Waals surface area contributed by atoms with Gasteiger partial charge in [0.15, 0.2) is 0 Å². The molecule has 0 spiro atoms. The summed E-state index contributed by atoms with van der Waals surface area (Å²) in [5, 5.41) is 2.71. The minimum absolute atomic E-state index is 0.0950. The van der Waals surface area contributed by atoms with Crippen LogP contribution in [0.15, 0.2) is 103 Å². The van der Waals surface area contributed by atoms with Crippen molar-refractivity contribution in [3.8, 4) is 11.1 Å². The number of hydrogen-bond donors (Lipinski definition) is 0. The molecule has 0 heteroatoms. The zero-order valence-electron chi connectivity index (χ0n) is 28.4. The number of rotatable bonds is 3. The highest BCUT2D eigenvalue weighted by atomic mass is 14.4. The molecule has 0 amide bonds. The van der Waals surface area contributed by atoms with E-state index in [2.05, 4.69) is 172 Å². The lowest BCUT2D eigenvalue weighted by Gasteiger charge is -2.28. The third-order valence-electron chi connectivity index (χ3n) is 9.41. The third-order valence-corrected chi connectivity index (χ3v) is 9.41. The molecule has 0 radical (unpaired) electrons. The van der Waals surface area contributed by atoms with Crippen molar-refractivity contribution >= 4 is 17.2 Å². The second-order valence-corrected chi connectivity index (χ2v) is 15.9. The van der Waals surface area contributed by atoms with Gasteiger partial charge in [-0.1, -0.05) is 160 Å². The maximum Gasteiger partial charge on any atom is 0.000195 e. The lowest BCUT2D eigenvalue weighted by molar-refractivity contribution is 0.516. The molecule has 1 unspecified atom stereocenters. The van der Waals surface area contributed by atoms with Gasteiger partial charge in [0.05, 0.1) is 0 Å². The van der Waals surface area contributed by atoms with Crippen molar-refractivity contribution in [2.24, 2.45) is 11.3 Å². The van der Waals surface area contributed by atoms with Crippen LogP contribution in [0.25, 0.3) is 28.3 Å². The molecule has 2 aliphatic carbocycles. The first kappa shape index (κ1) is 30.1. The van der Waals surface area contributed by atoms with E-state index in [9.17, 15) is 0 Å². The quantitative estimate of drug-likeness (QED) is 0.200. The van der Waals surface area contributed by atoms with Crippen LogP contribution in [0.2, 0.25) is 0 Å². The standard InChI is InChI=1S/C44H48/c1-28-23-33(43(5,6)7)26-35(28)40-37-25-31-24-32(42(2,3)4)21-22-34(31)36(37)27-38(41(40)44(8,9)10)39(29-17-13-11-14-18-29)30-19-15-12-16-20-30/h11-28H,1-10H3. The first-order chi connectivity index (χ1) is 20.6. The van der Waals surface area contributed by atoms with Crippen LogP contribution in [-0.4, -0.2) is 0 Å². The molecule has 0 aliphatic heterocycles. The van der Waals surface area contributed by atoms with Gasteiger partial charge >= 0.3 is 0 Å². The summed E-state index contributed by atoms with van der Waals surface area (Å²) in [7, 11) is 0. The highest BCUT2D eigenvalue weighted by Gasteiger charge is 2.32. The fraction of sp³-hybridized carbons (Fsp3) is 0.318. The number of benzene rings is 4. The Hall–Kier alpha value is -3.90. The van der Waals surface area contributed by atoms with Crippen LogP contribution in [0.4, 0.5) is 0 Å². The summed E-state index contributed by atoms with van der Waals surface area (Å²) in [4.78, 5) is 0. The summed E-state index contributed by atoms with van der Waals surface area (Å²) >= 11 is 0. The molecule has 1 atom stereocenters. The predicted octanol–water partition coefficient (Wildman–Crippen LogP) is 10.3. The normalized spacial score (nSPS) is 16.2. The van der Waals surface area contributed by atoms with E-state index in [1.54, 1.807) is 0 Å². The minimum Gasteiger partial charge on any atom is -0.0735 e. The van der Waals surface area contributed by atoms with Crippen molar-refractivity contribution in [3.05, 3.63) is 146 Å². The third kappa shape index (κ3) is 5.34. The molecule has 0 fully saturated rings. The molecule has 2 aliphatic rings. The van der Waals surface area contributed by atoms with Crippen LogP contribution in [0.3, 0.4) is 0 Å². The summed E-state index contributed by atoms with van der Waals surface area (Å²) in [5.41, 5.74) is 15.0. The molecule has 0 aromatic heterocycles. The van der Waals surface area contributed by atoms with E-state index in [-0.39, 0.29) is 16.2 Å². The van der Waals surface area contributed by atoms with E-state index in [4.69, 9.17) is 0 Å². The predicted molar refractivity (Wildman–Crippen MR) is 191 cm³/mol. The zero-order valence-corrected chi connectivity index (χ0v) is 28.4. The van der Waals surface area contributed by atoms with Gasteiger partial charge in [-0.25, -0.2) is 0 Å². The first-order valence-electron chi connectivity index (χ1n) is 16.3. The van der Waals surface area contributed by atoms with Crippen molar-refractivity contribution in [1.82, 2.24) is 0 Å². The minimum atomic E-state index is -0.0985. The molecule has 0 nitrogen and oxygen atoms in total. The van der Waals surface area contributed by atoms with Crippen LogP contribution >= 0.6 is 0 Å². The van der Waals surface area contributed by atoms with Crippen molar-refractivity contribution in [3.63, 3.8) is 0 Å². The SMILES string of the molecule is CC1C=C(C(C)(C)C)C=C1c1c(C(C)(C)C)c(=C(c2ccccc2)c2ccccc2)cc2c1=Cc1cc(C(C)(C)C)ccc1-2. The largest absolute Gasteiger partial charge is 0.0735 e. The Morgan fingerprint density at radius 3 is 1.68 bits per heavy atom. The summed E-state index contributed by atoms with van der Waals surface area (Å²) in [5.74, 6) is 0.337. The Balaban J connectivity index is 1.84. The van der Waals surface area contributed by atoms with Gasteiger partial charge in [-0.05, 0) is 100 Å². The van der Waals surface area contributed by atoms with Crippen LogP contribution in [0.1, 0.15) is 103 Å². The second-order valence-electron chi connectivity index (χ2n) is 15.9. The van der Waals surface area contributed by atoms with Gasteiger partial charge in [0.1, 0.15) is 0 Å². The monoisotopic (exact) mass is 576 g/mol. The summed E-state index contributed by atoms with van der Waals surface area (Å²) in [6.45, 7) is 23.5. The van der Waals surface area contributed by atoms with Gasteiger partial charge < -0.3 is 0 Å². The topological polar surface area (TPSA) is 0 Å². The molecule has 224 valence electrons. The van der Waals surface area contributed by atoms with Crippen LogP contribution in [0.5, 0.6) is 0 Å². The van der Waals surface area contributed by atoms with Crippen LogP contribution in [-0.2, 0) is 10.8 Å². The molecule has 44 heavy (non-hydrogen) atoms. The molecular weight excluding hydrogens is 528 g/mol. The van der Waals surface area contributed by atoms with E-state index in [1.165, 1.54) is 71.7 Å². The molecule has 4 aromatic rings. The average Bonchev–Trinajstić information content (AvgIpc) is 3.53. The number of hydrogen-bond acceptors (Lipinski definition) is 0. The van der Waals surface area contributed by atoms with Gasteiger partial charge in [-0.15, -0.1) is 0 Å². The number of allylic oxidation sites excluding steroid dienone is 4. The van der Waals surface area contributed by atoms with E-state index in [0.29, 0.717) is 5.92 Å². The summed E-state index contributed by atoms with van der Waals surface area (Å²) in [6, 6.07) is 31.7. The number of fused-ring (bicyclic) bond motifs is 3. The first-order valence-corrected chi connectivity index (χ1v) is 16.3. The molecule has 0 saturated carbocycles. The second kappa shape index (κ2) is 10.6. The summed E-state index contributed by atoms with van der Waals surface area (Å²) < 4.78 is 0. The Morgan fingerprint density at radius 2 is 1.18 bits per heavy atom. The fourth-order valence-electron chi connectivity index (χ4n) is 7.06. The molecular formula is C44H48. The molecule has 0 N–H and O–H groups in total.